The fourth-order valence-electron chi connectivity index (χ4n) is 2.66. The fraction of sp³-hybridized carbons (Fsp3) is 0.294. The molecule has 0 aliphatic carbocycles. The lowest BCUT2D eigenvalue weighted by Gasteiger charge is -2.14. The molecule has 2 aromatic rings. The van der Waals surface area contributed by atoms with Crippen molar-refractivity contribution in [1.29, 1.82) is 0 Å². The molecular formula is C17H16BrFO. The Kier molecular flexibility index (Phi) is 3.55. The second-order valence-corrected chi connectivity index (χ2v) is 6.28. The van der Waals surface area contributed by atoms with E-state index in [2.05, 4.69) is 28.9 Å². The molecule has 20 heavy (non-hydrogen) atoms. The van der Waals surface area contributed by atoms with Gasteiger partial charge in [-0.05, 0) is 54.3 Å². The minimum absolute atomic E-state index is 0.000550. The van der Waals surface area contributed by atoms with Crippen molar-refractivity contribution in [3.8, 4) is 5.75 Å². The Morgan fingerprint density at radius 1 is 1.25 bits per heavy atom. The molecule has 0 N–H and O–H groups in total. The van der Waals surface area contributed by atoms with Gasteiger partial charge in [-0.15, -0.1) is 0 Å². The number of hydrogen-bond acceptors (Lipinski definition) is 1. The molecule has 1 aliphatic heterocycles. The first-order valence-corrected chi connectivity index (χ1v) is 7.66. The molecule has 2 aromatic carbocycles. The molecule has 3 rings (SSSR count). The van der Waals surface area contributed by atoms with E-state index in [0.29, 0.717) is 0 Å². The maximum Gasteiger partial charge on any atom is 0.123 e. The van der Waals surface area contributed by atoms with Crippen LogP contribution in [0.4, 0.5) is 4.39 Å². The fourth-order valence-corrected chi connectivity index (χ4v) is 3.44. The summed E-state index contributed by atoms with van der Waals surface area (Å²) < 4.78 is 19.2. The number of aryl methyl sites for hydroxylation is 1. The van der Waals surface area contributed by atoms with E-state index in [9.17, 15) is 4.39 Å². The summed E-state index contributed by atoms with van der Waals surface area (Å²) in [5.74, 6) is 0.769. The summed E-state index contributed by atoms with van der Waals surface area (Å²) in [6, 6.07) is 11.1. The van der Waals surface area contributed by atoms with Gasteiger partial charge >= 0.3 is 0 Å². The van der Waals surface area contributed by atoms with Crippen LogP contribution in [-0.2, 0) is 6.42 Å². The lowest BCUT2D eigenvalue weighted by atomic mass is 9.98. The maximum absolute atomic E-state index is 13.5. The van der Waals surface area contributed by atoms with E-state index in [1.165, 1.54) is 11.6 Å². The van der Waals surface area contributed by atoms with Crippen LogP contribution in [0.15, 0.2) is 36.4 Å². The van der Waals surface area contributed by atoms with Crippen molar-refractivity contribution in [1.82, 2.24) is 0 Å². The Balaban J connectivity index is 1.97. The van der Waals surface area contributed by atoms with Crippen LogP contribution >= 0.6 is 15.9 Å². The lowest BCUT2D eigenvalue weighted by molar-refractivity contribution is 0.254. The van der Waals surface area contributed by atoms with E-state index < -0.39 is 0 Å². The van der Waals surface area contributed by atoms with Crippen LogP contribution in [0.3, 0.4) is 0 Å². The maximum atomic E-state index is 13.5. The van der Waals surface area contributed by atoms with Gasteiger partial charge in [0.1, 0.15) is 17.7 Å². The van der Waals surface area contributed by atoms with Crippen LogP contribution in [0.1, 0.15) is 34.0 Å². The van der Waals surface area contributed by atoms with Crippen molar-refractivity contribution in [2.24, 2.45) is 0 Å². The highest BCUT2D eigenvalue weighted by atomic mass is 79.9. The Hall–Kier alpha value is -1.35. The molecule has 0 saturated carbocycles. The van der Waals surface area contributed by atoms with Crippen molar-refractivity contribution in [2.45, 2.75) is 31.2 Å². The molecule has 0 fully saturated rings. The standard InChI is InChI=1S/C17H16BrFO/c1-10-3-5-14(19)9-15(10)17(18)12-4-6-16-13(8-12)7-11(2)20-16/h3-6,8-9,11,17H,7H2,1-2H3. The SMILES string of the molecule is Cc1ccc(F)cc1C(Br)c1ccc2c(c1)CC(C)O2. The molecule has 0 aromatic heterocycles. The molecule has 1 nitrogen and oxygen atoms in total. The molecule has 1 aliphatic rings. The minimum atomic E-state index is -0.201. The number of benzene rings is 2. The van der Waals surface area contributed by atoms with Gasteiger partial charge in [-0.2, -0.15) is 0 Å². The van der Waals surface area contributed by atoms with Crippen molar-refractivity contribution in [2.75, 3.05) is 0 Å². The van der Waals surface area contributed by atoms with Crippen LogP contribution in [0.2, 0.25) is 0 Å². The van der Waals surface area contributed by atoms with E-state index >= 15 is 0 Å². The molecule has 1 heterocycles. The first kappa shape index (κ1) is 13.6. The molecular weight excluding hydrogens is 319 g/mol. The van der Waals surface area contributed by atoms with E-state index in [0.717, 1.165) is 28.9 Å². The Morgan fingerprint density at radius 2 is 2.05 bits per heavy atom. The summed E-state index contributed by atoms with van der Waals surface area (Å²) >= 11 is 3.70. The van der Waals surface area contributed by atoms with Gasteiger partial charge in [0.25, 0.3) is 0 Å². The number of alkyl halides is 1. The van der Waals surface area contributed by atoms with Crippen LogP contribution in [0.25, 0.3) is 0 Å². The third-order valence-electron chi connectivity index (χ3n) is 3.73. The Morgan fingerprint density at radius 3 is 2.85 bits per heavy atom. The van der Waals surface area contributed by atoms with E-state index in [4.69, 9.17) is 4.74 Å². The monoisotopic (exact) mass is 334 g/mol. The minimum Gasteiger partial charge on any atom is -0.490 e. The number of hydrogen-bond donors (Lipinski definition) is 0. The van der Waals surface area contributed by atoms with Gasteiger partial charge in [0.2, 0.25) is 0 Å². The summed E-state index contributed by atoms with van der Waals surface area (Å²) in [6.07, 6.45) is 1.18. The highest BCUT2D eigenvalue weighted by molar-refractivity contribution is 9.09. The average Bonchev–Trinajstić information content (AvgIpc) is 2.79. The second-order valence-electron chi connectivity index (χ2n) is 5.36. The summed E-state index contributed by atoms with van der Waals surface area (Å²) in [4.78, 5) is -0.000550. The summed E-state index contributed by atoms with van der Waals surface area (Å²) in [6.45, 7) is 4.07. The van der Waals surface area contributed by atoms with Crippen LogP contribution in [0, 0.1) is 12.7 Å². The summed E-state index contributed by atoms with van der Waals surface area (Å²) in [5, 5.41) is 0. The molecule has 104 valence electrons. The van der Waals surface area contributed by atoms with Crippen molar-refractivity contribution in [3.05, 3.63) is 64.5 Å². The smallest absolute Gasteiger partial charge is 0.123 e. The molecule has 0 radical (unpaired) electrons. The molecule has 0 bridgehead atoms. The molecule has 0 spiro atoms. The molecule has 2 atom stereocenters. The van der Waals surface area contributed by atoms with Gasteiger partial charge in [-0.25, -0.2) is 4.39 Å². The van der Waals surface area contributed by atoms with Gasteiger partial charge in [0.05, 0.1) is 4.83 Å². The Labute approximate surface area is 126 Å². The highest BCUT2D eigenvalue weighted by Gasteiger charge is 2.21. The van der Waals surface area contributed by atoms with Crippen LogP contribution < -0.4 is 4.74 Å². The first-order valence-electron chi connectivity index (χ1n) is 6.74. The largest absolute Gasteiger partial charge is 0.490 e. The van der Waals surface area contributed by atoms with Crippen molar-refractivity contribution < 1.29 is 9.13 Å². The van der Waals surface area contributed by atoms with Crippen molar-refractivity contribution >= 4 is 15.9 Å². The quantitative estimate of drug-likeness (QED) is 0.706. The van der Waals surface area contributed by atoms with E-state index in [1.807, 2.05) is 25.1 Å². The molecule has 2 unspecified atom stereocenters. The predicted octanol–water partition coefficient (Wildman–Crippen LogP) is 4.94. The van der Waals surface area contributed by atoms with Gasteiger partial charge < -0.3 is 4.74 Å². The third-order valence-corrected chi connectivity index (χ3v) is 4.75. The van der Waals surface area contributed by atoms with Gasteiger partial charge in [0, 0.05) is 6.42 Å². The molecule has 0 amide bonds. The number of rotatable bonds is 2. The Bertz CT molecular complexity index is 653. The lowest BCUT2D eigenvalue weighted by Crippen LogP contribution is -2.05. The third kappa shape index (κ3) is 2.47. The zero-order valence-corrected chi connectivity index (χ0v) is 13.1. The molecule has 0 saturated heterocycles. The topological polar surface area (TPSA) is 9.23 Å². The predicted molar refractivity (Wildman–Crippen MR) is 82.1 cm³/mol. The highest BCUT2D eigenvalue weighted by Crippen LogP contribution is 2.37. The van der Waals surface area contributed by atoms with Gasteiger partial charge in [0.15, 0.2) is 0 Å². The zero-order chi connectivity index (χ0) is 14.3. The first-order chi connectivity index (χ1) is 9.54. The van der Waals surface area contributed by atoms with Crippen molar-refractivity contribution in [3.63, 3.8) is 0 Å². The normalized spacial score (nSPS) is 18.5. The summed E-state index contributed by atoms with van der Waals surface area (Å²) in [5.41, 5.74) is 4.42. The molecule has 3 heteroatoms. The average molecular weight is 335 g/mol. The summed E-state index contributed by atoms with van der Waals surface area (Å²) in [7, 11) is 0. The number of halogens is 2. The van der Waals surface area contributed by atoms with Crippen LogP contribution in [-0.4, -0.2) is 6.10 Å². The zero-order valence-electron chi connectivity index (χ0n) is 11.5. The van der Waals surface area contributed by atoms with Gasteiger partial charge in [-0.1, -0.05) is 34.1 Å². The second kappa shape index (κ2) is 5.21. The van der Waals surface area contributed by atoms with E-state index in [-0.39, 0.29) is 16.7 Å². The van der Waals surface area contributed by atoms with Crippen LogP contribution in [0.5, 0.6) is 5.75 Å². The number of ether oxygens (including phenoxy) is 1. The number of fused-ring (bicyclic) bond motifs is 1. The van der Waals surface area contributed by atoms with Gasteiger partial charge in [-0.3, -0.25) is 0 Å². The van der Waals surface area contributed by atoms with E-state index in [1.54, 1.807) is 6.07 Å².